The second-order valence-corrected chi connectivity index (χ2v) is 6.27. The van der Waals surface area contributed by atoms with E-state index in [1.807, 2.05) is 11.8 Å². The van der Waals surface area contributed by atoms with Crippen LogP contribution in [0, 0.1) is 12.7 Å². The van der Waals surface area contributed by atoms with Crippen molar-refractivity contribution >= 4 is 5.91 Å². The first-order chi connectivity index (χ1) is 11.6. The molecule has 1 aromatic carbocycles. The highest BCUT2D eigenvalue weighted by Crippen LogP contribution is 2.30. The van der Waals surface area contributed by atoms with Crippen molar-refractivity contribution in [1.29, 1.82) is 0 Å². The first kappa shape index (κ1) is 16.6. The maximum atomic E-state index is 13.1. The van der Waals surface area contributed by atoms with E-state index in [0.29, 0.717) is 31.3 Å². The van der Waals surface area contributed by atoms with Gasteiger partial charge >= 0.3 is 0 Å². The molecule has 3 rings (SSSR count). The molecule has 0 N–H and O–H groups in total. The molecule has 6 heteroatoms. The van der Waals surface area contributed by atoms with Gasteiger partial charge in [0.25, 0.3) is 0 Å². The van der Waals surface area contributed by atoms with E-state index in [9.17, 15) is 9.18 Å². The molecule has 0 spiro atoms. The van der Waals surface area contributed by atoms with Crippen molar-refractivity contribution in [1.82, 2.24) is 15.1 Å². The third-order valence-corrected chi connectivity index (χ3v) is 4.68. The van der Waals surface area contributed by atoms with E-state index in [2.05, 4.69) is 10.2 Å². The van der Waals surface area contributed by atoms with Gasteiger partial charge in [0.2, 0.25) is 17.7 Å². The Morgan fingerprint density at radius 2 is 1.96 bits per heavy atom. The number of amides is 1. The van der Waals surface area contributed by atoms with Gasteiger partial charge in [-0.25, -0.2) is 4.39 Å². The van der Waals surface area contributed by atoms with Gasteiger partial charge in [0.1, 0.15) is 5.82 Å². The van der Waals surface area contributed by atoms with E-state index in [1.54, 1.807) is 19.1 Å². The Kier molecular flexibility index (Phi) is 4.92. The van der Waals surface area contributed by atoms with E-state index in [0.717, 1.165) is 18.4 Å². The molecule has 2 aromatic rings. The molecule has 1 saturated heterocycles. The summed E-state index contributed by atoms with van der Waals surface area (Å²) in [6.45, 7) is 5.13. The predicted octanol–water partition coefficient (Wildman–Crippen LogP) is 3.42. The quantitative estimate of drug-likeness (QED) is 0.861. The second-order valence-electron chi connectivity index (χ2n) is 6.27. The summed E-state index contributed by atoms with van der Waals surface area (Å²) in [4.78, 5) is 14.7. The molecule has 2 heterocycles. The van der Waals surface area contributed by atoms with Gasteiger partial charge in [-0.05, 0) is 37.0 Å². The number of carbonyl (C=O) groups excluding carboxylic acids is 1. The summed E-state index contributed by atoms with van der Waals surface area (Å²) in [5, 5.41) is 7.97. The highest BCUT2D eigenvalue weighted by atomic mass is 19.1. The molecule has 1 aromatic heterocycles. The largest absolute Gasteiger partial charge is 0.425 e. The summed E-state index contributed by atoms with van der Waals surface area (Å²) in [7, 11) is 0. The molecule has 1 amide bonds. The lowest BCUT2D eigenvalue weighted by Gasteiger charge is -2.33. The van der Waals surface area contributed by atoms with Gasteiger partial charge in [-0.3, -0.25) is 4.79 Å². The zero-order chi connectivity index (χ0) is 17.1. The monoisotopic (exact) mass is 331 g/mol. The molecule has 1 aliphatic rings. The molecule has 1 fully saturated rings. The molecule has 1 atom stereocenters. The van der Waals surface area contributed by atoms with Crippen molar-refractivity contribution in [3.05, 3.63) is 47.4 Å². The number of rotatable bonds is 4. The van der Waals surface area contributed by atoms with E-state index in [4.69, 9.17) is 4.42 Å². The van der Waals surface area contributed by atoms with Crippen LogP contribution in [0.1, 0.15) is 55.4 Å². The fourth-order valence-electron chi connectivity index (χ4n) is 3.29. The van der Waals surface area contributed by atoms with Crippen molar-refractivity contribution in [3.8, 4) is 0 Å². The Hall–Kier alpha value is -2.24. The SMILES string of the molecule is CCC(C(=O)N1CCC(c2nnc(C)o2)CC1)c1ccc(F)cc1. The summed E-state index contributed by atoms with van der Waals surface area (Å²) in [5.41, 5.74) is 0.874. The van der Waals surface area contributed by atoms with Gasteiger partial charge in [0, 0.05) is 25.9 Å². The molecule has 128 valence electrons. The molecule has 1 aliphatic heterocycles. The van der Waals surface area contributed by atoms with Crippen LogP contribution in [0.5, 0.6) is 0 Å². The van der Waals surface area contributed by atoms with Crippen molar-refractivity contribution in [2.45, 2.75) is 44.9 Å². The average Bonchev–Trinajstić information content (AvgIpc) is 3.04. The number of nitrogens with zero attached hydrogens (tertiary/aromatic N) is 3. The first-order valence-corrected chi connectivity index (χ1v) is 8.42. The van der Waals surface area contributed by atoms with Crippen LogP contribution >= 0.6 is 0 Å². The summed E-state index contributed by atoms with van der Waals surface area (Å²) >= 11 is 0. The van der Waals surface area contributed by atoms with Crippen LogP contribution in [0.15, 0.2) is 28.7 Å². The van der Waals surface area contributed by atoms with E-state index < -0.39 is 0 Å². The normalized spacial score (nSPS) is 17.0. The third kappa shape index (κ3) is 3.47. The van der Waals surface area contributed by atoms with Crippen LogP contribution in [-0.4, -0.2) is 34.1 Å². The third-order valence-electron chi connectivity index (χ3n) is 4.68. The van der Waals surface area contributed by atoms with Gasteiger partial charge in [0.15, 0.2) is 0 Å². The number of hydrogen-bond acceptors (Lipinski definition) is 4. The first-order valence-electron chi connectivity index (χ1n) is 8.42. The molecule has 5 nitrogen and oxygen atoms in total. The number of benzene rings is 1. The smallest absolute Gasteiger partial charge is 0.230 e. The highest BCUT2D eigenvalue weighted by Gasteiger charge is 2.30. The maximum Gasteiger partial charge on any atom is 0.230 e. The lowest BCUT2D eigenvalue weighted by molar-refractivity contribution is -0.134. The van der Waals surface area contributed by atoms with Crippen LogP contribution in [0.4, 0.5) is 4.39 Å². The molecule has 0 radical (unpaired) electrons. The lowest BCUT2D eigenvalue weighted by Crippen LogP contribution is -2.40. The molecule has 0 saturated carbocycles. The number of likely N-dealkylation sites (tertiary alicyclic amines) is 1. The number of aromatic nitrogens is 2. The summed E-state index contributed by atoms with van der Waals surface area (Å²) in [6.07, 6.45) is 2.35. The van der Waals surface area contributed by atoms with Crippen molar-refractivity contribution in [3.63, 3.8) is 0 Å². The molecular weight excluding hydrogens is 309 g/mol. The molecule has 0 aliphatic carbocycles. The van der Waals surface area contributed by atoms with Crippen molar-refractivity contribution < 1.29 is 13.6 Å². The van der Waals surface area contributed by atoms with Gasteiger partial charge in [0.05, 0.1) is 5.92 Å². The Morgan fingerprint density at radius 1 is 1.29 bits per heavy atom. The Labute approximate surface area is 140 Å². The van der Waals surface area contributed by atoms with Crippen molar-refractivity contribution in [2.24, 2.45) is 0 Å². The average molecular weight is 331 g/mol. The lowest BCUT2D eigenvalue weighted by atomic mass is 9.92. The minimum Gasteiger partial charge on any atom is -0.425 e. The maximum absolute atomic E-state index is 13.1. The number of aryl methyl sites for hydroxylation is 1. The minimum absolute atomic E-state index is 0.115. The zero-order valence-electron chi connectivity index (χ0n) is 14.0. The molecular formula is C18H22FN3O2. The van der Waals surface area contributed by atoms with Gasteiger partial charge in [-0.1, -0.05) is 19.1 Å². The second kappa shape index (κ2) is 7.11. The van der Waals surface area contributed by atoms with Crippen LogP contribution in [0.25, 0.3) is 0 Å². The summed E-state index contributed by atoms with van der Waals surface area (Å²) in [5.74, 6) is 1.09. The van der Waals surface area contributed by atoms with Crippen LogP contribution in [-0.2, 0) is 4.79 Å². The Morgan fingerprint density at radius 3 is 2.50 bits per heavy atom. The van der Waals surface area contributed by atoms with E-state index in [-0.39, 0.29) is 23.6 Å². The van der Waals surface area contributed by atoms with Gasteiger partial charge in [-0.2, -0.15) is 0 Å². The Balaban J connectivity index is 1.64. The number of hydrogen-bond donors (Lipinski definition) is 0. The van der Waals surface area contributed by atoms with Crippen LogP contribution in [0.3, 0.4) is 0 Å². The standard InChI is InChI=1S/C18H22FN3O2/c1-3-16(13-4-6-15(19)7-5-13)18(23)22-10-8-14(9-11-22)17-21-20-12(2)24-17/h4-7,14,16H,3,8-11H2,1-2H3. The number of piperidine rings is 1. The fraction of sp³-hybridized carbons (Fsp3) is 0.500. The molecule has 1 unspecified atom stereocenters. The van der Waals surface area contributed by atoms with Gasteiger partial charge in [-0.15, -0.1) is 10.2 Å². The van der Waals surface area contributed by atoms with E-state index in [1.165, 1.54) is 12.1 Å². The zero-order valence-corrected chi connectivity index (χ0v) is 14.0. The molecule has 24 heavy (non-hydrogen) atoms. The molecule has 0 bridgehead atoms. The van der Waals surface area contributed by atoms with Gasteiger partial charge < -0.3 is 9.32 Å². The van der Waals surface area contributed by atoms with Crippen molar-refractivity contribution in [2.75, 3.05) is 13.1 Å². The Bertz CT molecular complexity index is 691. The number of carbonyl (C=O) groups is 1. The van der Waals surface area contributed by atoms with Crippen LogP contribution in [0.2, 0.25) is 0 Å². The number of halogens is 1. The summed E-state index contributed by atoms with van der Waals surface area (Å²) < 4.78 is 18.6. The van der Waals surface area contributed by atoms with Crippen LogP contribution < -0.4 is 0 Å². The highest BCUT2D eigenvalue weighted by molar-refractivity contribution is 5.83. The fourth-order valence-corrected chi connectivity index (χ4v) is 3.29. The summed E-state index contributed by atoms with van der Waals surface area (Å²) in [6, 6.07) is 6.23. The minimum atomic E-state index is -0.281. The predicted molar refractivity (Wildman–Crippen MR) is 87.0 cm³/mol. The topological polar surface area (TPSA) is 59.2 Å². The van der Waals surface area contributed by atoms with E-state index >= 15 is 0 Å².